The van der Waals surface area contributed by atoms with Crippen LogP contribution >= 0.6 is 0 Å². The van der Waals surface area contributed by atoms with E-state index in [4.69, 9.17) is 0 Å². The number of rotatable bonds is 0. The maximum absolute atomic E-state index is 3.67. The van der Waals surface area contributed by atoms with E-state index in [0.717, 1.165) is 0 Å². The minimum Gasteiger partial charge on any atom is -0.351 e. The fourth-order valence-electron chi connectivity index (χ4n) is 0.645. The smallest absolute Gasteiger partial charge is 0.0919 e. The lowest BCUT2D eigenvalue weighted by molar-refractivity contribution is 1.31. The van der Waals surface area contributed by atoms with Crippen LogP contribution in [0.25, 0.3) is 0 Å². The minimum atomic E-state index is 0. The van der Waals surface area contributed by atoms with E-state index in [1.807, 2.05) is 0 Å². The molecular formula is C9H12BN6. The second-order valence-corrected chi connectivity index (χ2v) is 2.28. The molecule has 3 rings (SSSR count). The molecule has 3 heterocycles. The van der Waals surface area contributed by atoms with Gasteiger partial charge >= 0.3 is 0 Å². The average molecular weight is 215 g/mol. The van der Waals surface area contributed by atoms with Crippen molar-refractivity contribution in [3.63, 3.8) is 0 Å². The van der Waals surface area contributed by atoms with Crippen molar-refractivity contribution in [1.82, 2.24) is 29.9 Å². The van der Waals surface area contributed by atoms with Crippen LogP contribution in [0.1, 0.15) is 0 Å². The minimum absolute atomic E-state index is 0. The third kappa shape index (κ3) is 8.30. The van der Waals surface area contributed by atoms with Crippen LogP contribution in [-0.4, -0.2) is 38.3 Å². The second kappa shape index (κ2) is 10.8. The van der Waals surface area contributed by atoms with Crippen LogP contribution in [0.5, 0.6) is 0 Å². The number of aromatic nitrogens is 6. The molecule has 0 aliphatic carbocycles. The van der Waals surface area contributed by atoms with Crippen LogP contribution < -0.4 is 0 Å². The van der Waals surface area contributed by atoms with Crippen molar-refractivity contribution >= 4 is 8.41 Å². The first-order valence-corrected chi connectivity index (χ1v) is 4.28. The van der Waals surface area contributed by atoms with E-state index < -0.39 is 0 Å². The average Bonchev–Trinajstić information content (AvgIpc) is 3.09. The number of nitrogens with zero attached hydrogens (tertiary/aromatic N) is 3. The largest absolute Gasteiger partial charge is 0.351 e. The van der Waals surface area contributed by atoms with E-state index in [2.05, 4.69) is 29.9 Å². The number of hydrogen-bond donors (Lipinski definition) is 3. The van der Waals surface area contributed by atoms with Gasteiger partial charge < -0.3 is 15.0 Å². The van der Waals surface area contributed by atoms with Crippen molar-refractivity contribution in [3.8, 4) is 0 Å². The molecule has 0 spiro atoms. The molecule has 0 amide bonds. The molecule has 6 nitrogen and oxygen atoms in total. The van der Waals surface area contributed by atoms with Gasteiger partial charge in [-0.25, -0.2) is 15.0 Å². The number of aromatic amines is 3. The SMILES string of the molecule is [B].c1c[nH]cn1.c1c[nH]cn1.c1c[nH]cn1. The van der Waals surface area contributed by atoms with Gasteiger partial charge in [0.1, 0.15) is 0 Å². The first-order valence-electron chi connectivity index (χ1n) is 4.28. The topological polar surface area (TPSA) is 86.0 Å². The van der Waals surface area contributed by atoms with Gasteiger partial charge in [-0.3, -0.25) is 0 Å². The highest BCUT2D eigenvalue weighted by atomic mass is 14.8. The zero-order chi connectivity index (χ0) is 10.6. The summed E-state index contributed by atoms with van der Waals surface area (Å²) in [4.78, 5) is 19.2. The third-order valence-corrected chi connectivity index (χ3v) is 1.22. The Balaban J connectivity index is 0.000000205. The van der Waals surface area contributed by atoms with Gasteiger partial charge in [-0.1, -0.05) is 0 Å². The van der Waals surface area contributed by atoms with Gasteiger partial charge in [0.2, 0.25) is 0 Å². The molecule has 3 aromatic rings. The zero-order valence-corrected chi connectivity index (χ0v) is 8.62. The number of H-pyrrole nitrogens is 3. The van der Waals surface area contributed by atoms with E-state index in [0.29, 0.717) is 0 Å². The van der Waals surface area contributed by atoms with Crippen molar-refractivity contribution < 1.29 is 0 Å². The Hall–Kier alpha value is -2.31. The predicted octanol–water partition coefficient (Wildman–Crippen LogP) is 0.848. The number of nitrogens with one attached hydrogen (secondary N) is 3. The van der Waals surface area contributed by atoms with Gasteiger partial charge in [-0.05, 0) is 0 Å². The summed E-state index contributed by atoms with van der Waals surface area (Å²) in [5, 5.41) is 0. The molecule has 0 atom stereocenters. The van der Waals surface area contributed by atoms with Crippen LogP contribution in [0, 0.1) is 0 Å². The molecule has 0 aromatic carbocycles. The molecule has 0 bridgehead atoms. The summed E-state index contributed by atoms with van der Waals surface area (Å²) in [6, 6.07) is 0. The lowest BCUT2D eigenvalue weighted by atomic mass is 10.8. The highest BCUT2D eigenvalue weighted by Gasteiger charge is 1.57. The molecule has 7 heteroatoms. The van der Waals surface area contributed by atoms with Crippen LogP contribution in [0.2, 0.25) is 0 Å². The molecule has 3 radical (unpaired) electrons. The molecule has 0 saturated heterocycles. The maximum atomic E-state index is 3.67. The number of imidazole rings is 3. The van der Waals surface area contributed by atoms with Crippen LogP contribution in [0.3, 0.4) is 0 Å². The predicted molar refractivity (Wildman–Crippen MR) is 61.5 cm³/mol. The van der Waals surface area contributed by atoms with E-state index in [1.165, 1.54) is 0 Å². The molecule has 0 aliphatic heterocycles. The van der Waals surface area contributed by atoms with Crippen LogP contribution in [0.4, 0.5) is 0 Å². The van der Waals surface area contributed by atoms with Crippen molar-refractivity contribution in [2.24, 2.45) is 0 Å². The van der Waals surface area contributed by atoms with E-state index in [9.17, 15) is 0 Å². The summed E-state index contributed by atoms with van der Waals surface area (Å²) in [6.07, 6.45) is 15.2. The molecular weight excluding hydrogens is 203 g/mol. The second-order valence-electron chi connectivity index (χ2n) is 2.28. The van der Waals surface area contributed by atoms with Crippen molar-refractivity contribution in [3.05, 3.63) is 56.2 Å². The Morgan fingerprint density at radius 2 is 0.875 bits per heavy atom. The van der Waals surface area contributed by atoms with E-state index in [1.54, 1.807) is 56.2 Å². The molecule has 0 saturated carbocycles. The third-order valence-electron chi connectivity index (χ3n) is 1.22. The normalized spacial score (nSPS) is 7.50. The van der Waals surface area contributed by atoms with Gasteiger partial charge in [-0.15, -0.1) is 0 Å². The Morgan fingerprint density at radius 1 is 0.562 bits per heavy atom. The van der Waals surface area contributed by atoms with Crippen molar-refractivity contribution in [1.29, 1.82) is 0 Å². The van der Waals surface area contributed by atoms with Gasteiger partial charge in [0.25, 0.3) is 0 Å². The van der Waals surface area contributed by atoms with Crippen molar-refractivity contribution in [2.75, 3.05) is 0 Å². The zero-order valence-electron chi connectivity index (χ0n) is 8.62. The fourth-order valence-corrected chi connectivity index (χ4v) is 0.645. The molecule has 0 aliphatic rings. The Bertz CT molecular complexity index is 252. The lowest BCUT2D eigenvalue weighted by Gasteiger charge is -1.46. The fraction of sp³-hybridized carbons (Fsp3) is 0. The van der Waals surface area contributed by atoms with Gasteiger partial charge in [0.05, 0.1) is 19.0 Å². The molecule has 0 fully saturated rings. The quantitative estimate of drug-likeness (QED) is 0.486. The molecule has 3 aromatic heterocycles. The van der Waals surface area contributed by atoms with Crippen LogP contribution in [-0.2, 0) is 0 Å². The summed E-state index contributed by atoms with van der Waals surface area (Å²) in [6.45, 7) is 0. The Kier molecular flexibility index (Phi) is 9.22. The first kappa shape index (κ1) is 13.7. The van der Waals surface area contributed by atoms with Gasteiger partial charge in [0.15, 0.2) is 0 Å². The summed E-state index contributed by atoms with van der Waals surface area (Å²) in [5.74, 6) is 0. The summed E-state index contributed by atoms with van der Waals surface area (Å²) in [7, 11) is 0. The van der Waals surface area contributed by atoms with Gasteiger partial charge in [0, 0.05) is 45.6 Å². The summed E-state index contributed by atoms with van der Waals surface area (Å²) < 4.78 is 0. The van der Waals surface area contributed by atoms with E-state index >= 15 is 0 Å². The molecule has 81 valence electrons. The number of hydrogen-bond acceptors (Lipinski definition) is 3. The highest BCUT2D eigenvalue weighted by molar-refractivity contribution is 5.75. The molecule has 16 heavy (non-hydrogen) atoms. The monoisotopic (exact) mass is 215 g/mol. The van der Waals surface area contributed by atoms with Crippen molar-refractivity contribution in [2.45, 2.75) is 0 Å². The molecule has 0 unspecified atom stereocenters. The first-order chi connectivity index (χ1) is 7.50. The summed E-state index contributed by atoms with van der Waals surface area (Å²) >= 11 is 0. The Morgan fingerprint density at radius 3 is 0.938 bits per heavy atom. The highest BCUT2D eigenvalue weighted by Crippen LogP contribution is 1.63. The molecule has 3 N–H and O–H groups in total. The maximum Gasteiger partial charge on any atom is 0.0919 e. The standard InChI is InChI=1S/3C3H4N2.B/c3*1-2-5-3-4-1;/h3*1-3H,(H,4,5);. The summed E-state index contributed by atoms with van der Waals surface area (Å²) in [5.41, 5.74) is 0. The Labute approximate surface area is 95.2 Å². The van der Waals surface area contributed by atoms with Gasteiger partial charge in [-0.2, -0.15) is 0 Å². The lowest BCUT2D eigenvalue weighted by Crippen LogP contribution is -1.44. The van der Waals surface area contributed by atoms with Crippen LogP contribution in [0.15, 0.2) is 56.2 Å². The van der Waals surface area contributed by atoms with E-state index in [-0.39, 0.29) is 8.41 Å².